The first-order valence-corrected chi connectivity index (χ1v) is 5.77. The third kappa shape index (κ3) is 4.80. The highest BCUT2D eigenvalue weighted by atomic mass is 35.5. The number of benzene rings is 1. The first-order valence-electron chi connectivity index (χ1n) is 5.39. The van der Waals surface area contributed by atoms with Crippen LogP contribution in [-0.2, 0) is 11.3 Å². The minimum Gasteiger partial charge on any atom is -0.352 e. The molecule has 3 N–H and O–H groups in total. The van der Waals surface area contributed by atoms with Crippen LogP contribution in [0.5, 0.6) is 0 Å². The summed E-state index contributed by atoms with van der Waals surface area (Å²) in [5.41, 5.74) is 6.37. The molecule has 0 radical (unpaired) electrons. The number of carbonyl (C=O) groups is 1. The van der Waals surface area contributed by atoms with E-state index in [2.05, 4.69) is 5.32 Å². The molecule has 0 aromatic heterocycles. The number of hydrogen-bond acceptors (Lipinski definition) is 2. The summed E-state index contributed by atoms with van der Waals surface area (Å²) in [6.07, 6.45) is 0. The van der Waals surface area contributed by atoms with Gasteiger partial charge in [-0.3, -0.25) is 4.79 Å². The lowest BCUT2D eigenvalue weighted by molar-refractivity contribution is -0.125. The van der Waals surface area contributed by atoms with Gasteiger partial charge in [-0.05, 0) is 24.6 Å². The molecule has 102 valence electrons. The molecule has 0 aliphatic heterocycles. The second-order valence-electron chi connectivity index (χ2n) is 4.11. The molecule has 0 spiro atoms. The van der Waals surface area contributed by atoms with Crippen molar-refractivity contribution in [1.29, 1.82) is 0 Å². The second kappa shape index (κ2) is 7.56. The zero-order valence-corrected chi connectivity index (χ0v) is 11.8. The van der Waals surface area contributed by atoms with E-state index in [1.54, 1.807) is 19.9 Å². The lowest BCUT2D eigenvalue weighted by atomic mass is 10.0. The minimum atomic E-state index is -0.467. The van der Waals surface area contributed by atoms with E-state index in [-0.39, 0.29) is 35.3 Å². The SMILES string of the molecule is CC(N)C(C)C(=O)NCc1ccc(F)c(Cl)c1.Cl. The normalized spacial score (nSPS) is 13.4. The number of halogens is 3. The molecule has 1 aromatic rings. The van der Waals surface area contributed by atoms with Crippen LogP contribution in [-0.4, -0.2) is 11.9 Å². The molecule has 0 saturated heterocycles. The molecule has 3 nitrogen and oxygen atoms in total. The van der Waals surface area contributed by atoms with Crippen LogP contribution in [0.1, 0.15) is 19.4 Å². The molecule has 6 heteroatoms. The molecule has 1 rings (SSSR count). The lowest BCUT2D eigenvalue weighted by Gasteiger charge is -2.15. The van der Waals surface area contributed by atoms with Crippen molar-refractivity contribution in [2.75, 3.05) is 0 Å². The molecule has 0 heterocycles. The van der Waals surface area contributed by atoms with E-state index in [9.17, 15) is 9.18 Å². The zero-order chi connectivity index (χ0) is 13.0. The summed E-state index contributed by atoms with van der Waals surface area (Å²) in [6, 6.07) is 4.15. The number of amides is 1. The van der Waals surface area contributed by atoms with Gasteiger partial charge < -0.3 is 11.1 Å². The number of nitrogens with two attached hydrogens (primary N) is 1. The van der Waals surface area contributed by atoms with Gasteiger partial charge in [0.2, 0.25) is 5.91 Å². The summed E-state index contributed by atoms with van der Waals surface area (Å²) >= 11 is 5.63. The molecule has 18 heavy (non-hydrogen) atoms. The van der Waals surface area contributed by atoms with E-state index < -0.39 is 5.82 Å². The second-order valence-corrected chi connectivity index (χ2v) is 4.52. The molecule has 0 aliphatic rings. The minimum absolute atomic E-state index is 0. The number of nitrogens with one attached hydrogen (secondary N) is 1. The van der Waals surface area contributed by atoms with Crippen LogP contribution in [0.2, 0.25) is 5.02 Å². The highest BCUT2D eigenvalue weighted by Gasteiger charge is 2.16. The zero-order valence-electron chi connectivity index (χ0n) is 10.2. The first kappa shape index (κ1) is 17.2. The number of rotatable bonds is 4. The van der Waals surface area contributed by atoms with E-state index >= 15 is 0 Å². The Morgan fingerprint density at radius 3 is 2.61 bits per heavy atom. The van der Waals surface area contributed by atoms with Gasteiger partial charge in [0.1, 0.15) is 5.82 Å². The molecule has 0 saturated carbocycles. The Bertz CT molecular complexity index is 413. The van der Waals surface area contributed by atoms with Crippen molar-refractivity contribution in [2.45, 2.75) is 26.4 Å². The Morgan fingerprint density at radius 2 is 2.11 bits per heavy atom. The molecule has 2 atom stereocenters. The summed E-state index contributed by atoms with van der Waals surface area (Å²) in [5, 5.41) is 2.78. The van der Waals surface area contributed by atoms with Crippen LogP contribution in [0.15, 0.2) is 18.2 Å². The summed E-state index contributed by atoms with van der Waals surface area (Å²) in [5.74, 6) is -0.850. The fourth-order valence-corrected chi connectivity index (χ4v) is 1.44. The number of hydrogen-bond donors (Lipinski definition) is 2. The van der Waals surface area contributed by atoms with Crippen molar-refractivity contribution in [1.82, 2.24) is 5.32 Å². The van der Waals surface area contributed by atoms with Crippen LogP contribution < -0.4 is 11.1 Å². The molecule has 0 bridgehead atoms. The van der Waals surface area contributed by atoms with E-state index in [1.165, 1.54) is 12.1 Å². The maximum absolute atomic E-state index is 12.9. The third-order valence-corrected chi connectivity index (χ3v) is 2.94. The fourth-order valence-electron chi connectivity index (χ4n) is 1.24. The van der Waals surface area contributed by atoms with E-state index in [1.807, 2.05) is 0 Å². The Hall–Kier alpha value is -0.840. The molecule has 1 aromatic carbocycles. The monoisotopic (exact) mass is 294 g/mol. The van der Waals surface area contributed by atoms with Crippen molar-refractivity contribution in [2.24, 2.45) is 11.7 Å². The largest absolute Gasteiger partial charge is 0.352 e. The maximum Gasteiger partial charge on any atom is 0.224 e. The van der Waals surface area contributed by atoms with Gasteiger partial charge in [-0.2, -0.15) is 0 Å². The van der Waals surface area contributed by atoms with Crippen molar-refractivity contribution in [3.8, 4) is 0 Å². The van der Waals surface area contributed by atoms with Crippen LogP contribution in [0.4, 0.5) is 4.39 Å². The lowest BCUT2D eigenvalue weighted by Crippen LogP contribution is -2.38. The van der Waals surface area contributed by atoms with Crippen molar-refractivity contribution in [3.05, 3.63) is 34.6 Å². The Labute approximate surface area is 117 Å². The Morgan fingerprint density at radius 1 is 1.50 bits per heavy atom. The van der Waals surface area contributed by atoms with Gasteiger partial charge in [0, 0.05) is 18.5 Å². The third-order valence-electron chi connectivity index (χ3n) is 2.65. The summed E-state index contributed by atoms with van der Waals surface area (Å²) in [6.45, 7) is 3.85. The number of carbonyl (C=O) groups excluding carboxylic acids is 1. The van der Waals surface area contributed by atoms with Crippen molar-refractivity contribution < 1.29 is 9.18 Å². The smallest absolute Gasteiger partial charge is 0.224 e. The highest BCUT2D eigenvalue weighted by molar-refractivity contribution is 6.30. The quantitative estimate of drug-likeness (QED) is 0.896. The van der Waals surface area contributed by atoms with Crippen LogP contribution in [0.3, 0.4) is 0 Å². The van der Waals surface area contributed by atoms with Crippen molar-refractivity contribution >= 4 is 29.9 Å². The van der Waals surface area contributed by atoms with Gasteiger partial charge in [0.15, 0.2) is 0 Å². The van der Waals surface area contributed by atoms with Gasteiger partial charge in [-0.15, -0.1) is 12.4 Å². The van der Waals surface area contributed by atoms with Gasteiger partial charge in [0.05, 0.1) is 5.02 Å². The molecule has 0 fully saturated rings. The predicted octanol–water partition coefficient (Wildman–Crippen LogP) is 2.50. The van der Waals surface area contributed by atoms with Gasteiger partial charge >= 0.3 is 0 Å². The maximum atomic E-state index is 12.9. The van der Waals surface area contributed by atoms with Gasteiger partial charge in [0.25, 0.3) is 0 Å². The Balaban J connectivity index is 0.00000289. The molecular formula is C12H17Cl2FN2O. The van der Waals surface area contributed by atoms with E-state index in [0.717, 1.165) is 5.56 Å². The van der Waals surface area contributed by atoms with Crippen LogP contribution in [0, 0.1) is 11.7 Å². The average molecular weight is 295 g/mol. The standard InChI is InChI=1S/C12H16ClFN2O.ClH/c1-7(8(2)15)12(17)16-6-9-3-4-11(14)10(13)5-9;/h3-5,7-8H,6,15H2,1-2H3,(H,16,17);1H. The fraction of sp³-hybridized carbons (Fsp3) is 0.417. The summed E-state index contributed by atoms with van der Waals surface area (Å²) < 4.78 is 12.9. The molecular weight excluding hydrogens is 278 g/mol. The summed E-state index contributed by atoms with van der Waals surface area (Å²) in [7, 11) is 0. The summed E-state index contributed by atoms with van der Waals surface area (Å²) in [4.78, 5) is 11.6. The molecule has 2 unspecified atom stereocenters. The van der Waals surface area contributed by atoms with Crippen molar-refractivity contribution in [3.63, 3.8) is 0 Å². The van der Waals surface area contributed by atoms with Crippen LogP contribution >= 0.6 is 24.0 Å². The average Bonchev–Trinajstić information content (AvgIpc) is 2.29. The first-order chi connectivity index (χ1) is 7.91. The Kier molecular flexibility index (Phi) is 7.21. The van der Waals surface area contributed by atoms with Gasteiger partial charge in [-0.1, -0.05) is 24.6 Å². The van der Waals surface area contributed by atoms with E-state index in [4.69, 9.17) is 17.3 Å². The van der Waals surface area contributed by atoms with Gasteiger partial charge in [-0.25, -0.2) is 4.39 Å². The molecule has 1 amide bonds. The topological polar surface area (TPSA) is 55.1 Å². The molecule has 0 aliphatic carbocycles. The highest BCUT2D eigenvalue weighted by Crippen LogP contribution is 2.15. The van der Waals surface area contributed by atoms with E-state index in [0.29, 0.717) is 6.54 Å². The predicted molar refractivity (Wildman–Crippen MR) is 73.3 cm³/mol. The van der Waals surface area contributed by atoms with Crippen LogP contribution in [0.25, 0.3) is 0 Å².